The monoisotopic (exact) mass is 316 g/mol. The number of nitro groups is 1. The summed E-state index contributed by atoms with van der Waals surface area (Å²) >= 11 is 0. The molecular weight excluding hydrogens is 296 g/mol. The molecule has 0 radical (unpaired) electrons. The van der Waals surface area contributed by atoms with Gasteiger partial charge in [-0.25, -0.2) is 0 Å². The Balaban J connectivity index is 2.79. The molecule has 1 aromatic rings. The summed E-state index contributed by atoms with van der Waals surface area (Å²) < 4.78 is 0. The molecule has 6 heteroatoms. The van der Waals surface area contributed by atoms with Crippen molar-refractivity contribution < 1.29 is 14.5 Å². The van der Waals surface area contributed by atoms with Gasteiger partial charge in [-0.05, 0) is 27.7 Å². The van der Waals surface area contributed by atoms with Crippen molar-refractivity contribution in [2.45, 2.75) is 39.7 Å². The first-order valence-corrected chi connectivity index (χ1v) is 7.43. The first kappa shape index (κ1) is 16.9. The van der Waals surface area contributed by atoms with Crippen LogP contribution in [-0.4, -0.2) is 22.5 Å². The highest BCUT2D eigenvalue weighted by atomic mass is 16.6. The zero-order valence-electron chi connectivity index (χ0n) is 13.6. The third-order valence-electron chi connectivity index (χ3n) is 4.67. The Labute approximate surface area is 134 Å². The number of hydrogen-bond acceptors (Lipinski definition) is 5. The Morgan fingerprint density at radius 1 is 1.22 bits per heavy atom. The fourth-order valence-electron chi connectivity index (χ4n) is 3.70. The minimum absolute atomic E-state index is 0.0810. The molecule has 1 aliphatic rings. The minimum Gasteiger partial charge on any atom is -0.385 e. The number of rotatable bonds is 4. The first-order valence-electron chi connectivity index (χ1n) is 7.43. The van der Waals surface area contributed by atoms with Crippen molar-refractivity contribution in [3.8, 4) is 0 Å². The zero-order valence-corrected chi connectivity index (χ0v) is 13.6. The van der Waals surface area contributed by atoms with Gasteiger partial charge in [0.2, 0.25) is 0 Å². The van der Waals surface area contributed by atoms with Gasteiger partial charge in [-0.2, -0.15) is 0 Å². The van der Waals surface area contributed by atoms with Crippen LogP contribution >= 0.6 is 0 Å². The number of Topliss-reactive ketones (excluding diaryl/α,β-unsaturated/α-hetero) is 2. The molecule has 0 aromatic heterocycles. The molecule has 6 nitrogen and oxygen atoms in total. The summed E-state index contributed by atoms with van der Waals surface area (Å²) in [4.78, 5) is 35.9. The maximum Gasteiger partial charge on any atom is 0.273 e. The summed E-state index contributed by atoms with van der Waals surface area (Å²) in [6, 6.07) is 5.82. The molecule has 0 spiro atoms. The quantitative estimate of drug-likeness (QED) is 0.524. The van der Waals surface area contributed by atoms with E-state index in [0.29, 0.717) is 5.56 Å². The van der Waals surface area contributed by atoms with E-state index < -0.39 is 22.3 Å². The van der Waals surface area contributed by atoms with Crippen molar-refractivity contribution in [3.63, 3.8) is 0 Å². The molecular formula is C17H20N2O4. The van der Waals surface area contributed by atoms with E-state index in [1.54, 1.807) is 31.2 Å². The van der Waals surface area contributed by atoms with E-state index in [1.165, 1.54) is 19.9 Å². The number of nitro benzene ring substituents is 1. The second kappa shape index (κ2) is 5.95. The Kier molecular flexibility index (Phi) is 4.36. The Bertz CT molecular complexity index is 694. The summed E-state index contributed by atoms with van der Waals surface area (Å²) in [7, 11) is 0. The molecule has 2 rings (SSSR count). The van der Waals surface area contributed by atoms with Crippen molar-refractivity contribution in [1.29, 1.82) is 0 Å². The third-order valence-corrected chi connectivity index (χ3v) is 4.67. The molecule has 0 fully saturated rings. The lowest BCUT2D eigenvalue weighted by atomic mass is 9.61. The molecule has 1 aliphatic heterocycles. The van der Waals surface area contributed by atoms with Gasteiger partial charge in [0.05, 0.1) is 4.92 Å². The van der Waals surface area contributed by atoms with Crippen LogP contribution in [0, 0.1) is 15.5 Å². The number of carbonyl (C=O) groups is 2. The van der Waals surface area contributed by atoms with Crippen molar-refractivity contribution in [2.24, 2.45) is 5.41 Å². The highest BCUT2D eigenvalue weighted by Gasteiger charge is 2.54. The number of hydrogen-bond donors (Lipinski definition) is 1. The molecule has 0 saturated heterocycles. The van der Waals surface area contributed by atoms with Gasteiger partial charge in [0.15, 0.2) is 0 Å². The van der Waals surface area contributed by atoms with Gasteiger partial charge >= 0.3 is 0 Å². The van der Waals surface area contributed by atoms with E-state index in [2.05, 4.69) is 5.32 Å². The summed E-state index contributed by atoms with van der Waals surface area (Å²) in [5, 5.41) is 14.5. The molecule has 0 saturated carbocycles. The van der Waals surface area contributed by atoms with Gasteiger partial charge in [-0.3, -0.25) is 19.7 Å². The second-order valence-electron chi connectivity index (χ2n) is 5.99. The zero-order chi connectivity index (χ0) is 17.4. The third kappa shape index (κ3) is 2.54. The van der Waals surface area contributed by atoms with Crippen LogP contribution in [0.2, 0.25) is 0 Å². The lowest BCUT2D eigenvalue weighted by Gasteiger charge is -2.44. The van der Waals surface area contributed by atoms with Crippen molar-refractivity contribution in [3.05, 3.63) is 51.7 Å². The molecule has 1 aromatic carbocycles. The molecule has 2 atom stereocenters. The summed E-state index contributed by atoms with van der Waals surface area (Å²) in [6.45, 7) is 6.33. The van der Waals surface area contributed by atoms with Crippen LogP contribution in [0.1, 0.15) is 39.2 Å². The van der Waals surface area contributed by atoms with Crippen LogP contribution in [0.4, 0.5) is 5.69 Å². The molecule has 0 aliphatic carbocycles. The van der Waals surface area contributed by atoms with E-state index >= 15 is 0 Å². The Morgan fingerprint density at radius 3 is 2.30 bits per heavy atom. The van der Waals surface area contributed by atoms with Gasteiger partial charge in [-0.1, -0.05) is 24.3 Å². The normalized spacial score (nSPS) is 22.7. The van der Waals surface area contributed by atoms with Gasteiger partial charge < -0.3 is 5.32 Å². The van der Waals surface area contributed by atoms with Crippen molar-refractivity contribution >= 4 is 17.3 Å². The minimum atomic E-state index is -1.36. The Hall–Kier alpha value is -2.50. The standard InChI is InChI=1S/C17H20N2O4/c1-10-9-15(14-7-5-6-8-16(14)19(22)23)17(12(3)20,13(4)21)11(2)18-10/h5-9,11,15,18H,1-4H3. The predicted octanol–water partition coefficient (Wildman–Crippen LogP) is 2.74. The lowest BCUT2D eigenvalue weighted by molar-refractivity contribution is -0.385. The smallest absolute Gasteiger partial charge is 0.273 e. The SMILES string of the molecule is CC(=O)C1(C(C)=O)C(C)NC(C)=CC1c1ccccc1[N+](=O)[O-]. The summed E-state index contributed by atoms with van der Waals surface area (Å²) in [6.07, 6.45) is 1.74. The predicted molar refractivity (Wildman–Crippen MR) is 86.0 cm³/mol. The number of nitrogens with one attached hydrogen (secondary N) is 1. The maximum absolute atomic E-state index is 12.5. The van der Waals surface area contributed by atoms with Gasteiger partial charge in [-0.15, -0.1) is 0 Å². The summed E-state index contributed by atoms with van der Waals surface area (Å²) in [5.74, 6) is -1.26. The van der Waals surface area contributed by atoms with Crippen molar-refractivity contribution in [1.82, 2.24) is 5.32 Å². The van der Waals surface area contributed by atoms with Crippen LogP contribution < -0.4 is 5.32 Å². The maximum atomic E-state index is 12.5. The number of allylic oxidation sites excluding steroid dienone is 2. The molecule has 1 N–H and O–H groups in total. The van der Waals surface area contributed by atoms with E-state index in [0.717, 1.165) is 5.70 Å². The number of carbonyl (C=O) groups excluding carboxylic acids is 2. The summed E-state index contributed by atoms with van der Waals surface area (Å²) in [5.41, 5.74) is -0.261. The Morgan fingerprint density at radius 2 is 1.78 bits per heavy atom. The number of nitrogens with zero attached hydrogens (tertiary/aromatic N) is 1. The van der Waals surface area contributed by atoms with E-state index in [-0.39, 0.29) is 17.3 Å². The van der Waals surface area contributed by atoms with Gasteiger partial charge in [0.25, 0.3) is 5.69 Å². The van der Waals surface area contributed by atoms with Crippen LogP contribution in [0.5, 0.6) is 0 Å². The molecule has 122 valence electrons. The number of para-hydroxylation sites is 1. The fraction of sp³-hybridized carbons (Fsp3) is 0.412. The van der Waals surface area contributed by atoms with E-state index in [9.17, 15) is 19.7 Å². The molecule has 2 unspecified atom stereocenters. The molecule has 0 amide bonds. The average molecular weight is 316 g/mol. The molecule has 0 bridgehead atoms. The van der Waals surface area contributed by atoms with Crippen LogP contribution in [-0.2, 0) is 9.59 Å². The van der Waals surface area contributed by atoms with Crippen LogP contribution in [0.25, 0.3) is 0 Å². The lowest BCUT2D eigenvalue weighted by Crippen LogP contribution is -2.57. The van der Waals surface area contributed by atoms with Crippen LogP contribution in [0.15, 0.2) is 36.0 Å². The molecule has 23 heavy (non-hydrogen) atoms. The average Bonchev–Trinajstić information content (AvgIpc) is 2.45. The van der Waals surface area contributed by atoms with E-state index in [1.807, 2.05) is 6.92 Å². The molecule has 1 heterocycles. The fourth-order valence-corrected chi connectivity index (χ4v) is 3.70. The number of benzene rings is 1. The van der Waals surface area contributed by atoms with Gasteiger partial charge in [0.1, 0.15) is 17.0 Å². The van der Waals surface area contributed by atoms with Crippen molar-refractivity contribution in [2.75, 3.05) is 0 Å². The van der Waals surface area contributed by atoms with Gasteiger partial charge in [0, 0.05) is 29.3 Å². The second-order valence-corrected chi connectivity index (χ2v) is 5.99. The first-order chi connectivity index (χ1) is 10.7. The topological polar surface area (TPSA) is 89.3 Å². The highest BCUT2D eigenvalue weighted by Crippen LogP contribution is 2.47. The van der Waals surface area contributed by atoms with E-state index in [4.69, 9.17) is 0 Å². The van der Waals surface area contributed by atoms with Crippen LogP contribution in [0.3, 0.4) is 0 Å². The number of ketones is 2. The highest BCUT2D eigenvalue weighted by molar-refractivity contribution is 6.07. The largest absolute Gasteiger partial charge is 0.385 e.